The summed E-state index contributed by atoms with van der Waals surface area (Å²) in [6.45, 7) is 4.20. The van der Waals surface area contributed by atoms with Crippen molar-refractivity contribution in [2.24, 2.45) is 0 Å². The van der Waals surface area contributed by atoms with Gasteiger partial charge in [0.1, 0.15) is 0 Å². The average Bonchev–Trinajstić information content (AvgIpc) is 2.39. The van der Waals surface area contributed by atoms with Gasteiger partial charge in [-0.2, -0.15) is 10.2 Å². The topological polar surface area (TPSA) is 64.1 Å². The van der Waals surface area contributed by atoms with Crippen LogP contribution in [0, 0.1) is 6.92 Å². The third-order valence-corrected chi connectivity index (χ3v) is 2.95. The third-order valence-electron chi connectivity index (χ3n) is 2.73. The van der Waals surface area contributed by atoms with Crippen LogP contribution in [0.4, 0.5) is 0 Å². The van der Waals surface area contributed by atoms with Gasteiger partial charge in [0.15, 0.2) is 0 Å². The fourth-order valence-corrected chi connectivity index (χ4v) is 2.03. The lowest BCUT2D eigenvalue weighted by Crippen LogP contribution is -2.39. The predicted octanol–water partition coefficient (Wildman–Crippen LogP) is 1.72. The maximum atomic E-state index is 12.3. The lowest BCUT2D eigenvalue weighted by molar-refractivity contribution is 0.0893. The van der Waals surface area contributed by atoms with Crippen LogP contribution in [0.15, 0.2) is 6.07 Å². The first-order valence-electron chi connectivity index (χ1n) is 6.31. The van der Waals surface area contributed by atoms with Crippen LogP contribution in [0.3, 0.4) is 0 Å². The molecule has 1 atom stereocenters. The Labute approximate surface area is 118 Å². The van der Waals surface area contributed by atoms with Crippen LogP contribution >= 0.6 is 11.6 Å². The quantitative estimate of drug-likeness (QED) is 0.775. The molecular weight excluding hydrogens is 266 g/mol. The summed E-state index contributed by atoms with van der Waals surface area (Å²) in [6, 6.07) is 1.67. The number of halogens is 1. The Bertz CT molecular complexity index is 420. The summed E-state index contributed by atoms with van der Waals surface area (Å²) in [6.07, 6.45) is 1.33. The highest BCUT2D eigenvalue weighted by Crippen LogP contribution is 2.08. The number of alkyl halides is 1. The molecule has 0 spiro atoms. The van der Waals surface area contributed by atoms with Crippen molar-refractivity contribution in [3.8, 4) is 0 Å². The highest BCUT2D eigenvalue weighted by molar-refractivity contribution is 6.17. The Balaban J connectivity index is 2.83. The second kappa shape index (κ2) is 8.07. The Morgan fingerprint density at radius 3 is 2.84 bits per heavy atom. The highest BCUT2D eigenvalue weighted by Gasteiger charge is 2.17. The van der Waals surface area contributed by atoms with Gasteiger partial charge in [0, 0.05) is 13.0 Å². The van der Waals surface area contributed by atoms with E-state index in [2.05, 4.69) is 15.5 Å². The molecule has 0 aliphatic heterocycles. The standard InChI is InChI=1S/C13H20ClN3O2/c1-4-12-11(7-9(2)16-17-12)13(18)15-10(5-6-14)8-19-3/h7,10H,4-6,8H2,1-3H3,(H,15,18). The van der Waals surface area contributed by atoms with E-state index in [4.69, 9.17) is 16.3 Å². The van der Waals surface area contributed by atoms with Gasteiger partial charge in [0.05, 0.1) is 29.6 Å². The number of nitrogens with zero attached hydrogens (tertiary/aromatic N) is 2. The molecule has 1 aromatic heterocycles. The van der Waals surface area contributed by atoms with E-state index in [1.807, 2.05) is 13.8 Å². The van der Waals surface area contributed by atoms with Crippen LogP contribution in [-0.4, -0.2) is 41.7 Å². The SMILES string of the molecule is CCc1nnc(C)cc1C(=O)NC(CCCl)COC. The molecule has 1 rings (SSSR count). The molecule has 0 radical (unpaired) electrons. The summed E-state index contributed by atoms with van der Waals surface area (Å²) in [7, 11) is 1.60. The maximum absolute atomic E-state index is 12.3. The Kier molecular flexibility index (Phi) is 6.73. The Morgan fingerprint density at radius 1 is 1.53 bits per heavy atom. The lowest BCUT2D eigenvalue weighted by Gasteiger charge is -2.17. The molecule has 0 saturated heterocycles. The minimum absolute atomic E-state index is 0.0897. The Hall–Kier alpha value is -1.20. The summed E-state index contributed by atoms with van der Waals surface area (Å²) in [4.78, 5) is 12.3. The van der Waals surface area contributed by atoms with Crippen LogP contribution in [0.1, 0.15) is 35.1 Å². The van der Waals surface area contributed by atoms with Crippen molar-refractivity contribution >= 4 is 17.5 Å². The highest BCUT2D eigenvalue weighted by atomic mass is 35.5. The van der Waals surface area contributed by atoms with E-state index in [1.54, 1.807) is 13.2 Å². The second-order valence-corrected chi connectivity index (χ2v) is 4.68. The Morgan fingerprint density at radius 2 is 2.26 bits per heavy atom. The number of hydrogen-bond acceptors (Lipinski definition) is 4. The molecule has 0 aliphatic carbocycles. The monoisotopic (exact) mass is 285 g/mol. The predicted molar refractivity (Wildman–Crippen MR) is 74.6 cm³/mol. The molecule has 1 amide bonds. The number of rotatable bonds is 7. The summed E-state index contributed by atoms with van der Waals surface area (Å²) in [5, 5.41) is 10.9. The maximum Gasteiger partial charge on any atom is 0.253 e. The van der Waals surface area contributed by atoms with Gasteiger partial charge in [0.2, 0.25) is 0 Å². The minimum atomic E-state index is -0.151. The number of aryl methyl sites for hydroxylation is 2. The number of hydrogen-bond donors (Lipinski definition) is 1. The van der Waals surface area contributed by atoms with Crippen LogP contribution < -0.4 is 5.32 Å². The van der Waals surface area contributed by atoms with Crippen molar-refractivity contribution in [1.82, 2.24) is 15.5 Å². The molecule has 0 aromatic carbocycles. The molecule has 1 aromatic rings. The number of carbonyl (C=O) groups is 1. The van der Waals surface area contributed by atoms with Crippen LogP contribution in [-0.2, 0) is 11.2 Å². The molecule has 1 unspecified atom stereocenters. The van der Waals surface area contributed by atoms with E-state index in [1.165, 1.54) is 0 Å². The van der Waals surface area contributed by atoms with Crippen molar-refractivity contribution in [3.05, 3.63) is 23.0 Å². The van der Waals surface area contributed by atoms with Gasteiger partial charge in [-0.3, -0.25) is 4.79 Å². The molecular formula is C13H20ClN3O2. The van der Waals surface area contributed by atoms with E-state index in [0.717, 1.165) is 5.69 Å². The third kappa shape index (κ3) is 4.76. The molecule has 0 fully saturated rings. The van der Waals surface area contributed by atoms with Crippen molar-refractivity contribution in [2.75, 3.05) is 19.6 Å². The van der Waals surface area contributed by atoms with Gasteiger partial charge in [-0.05, 0) is 25.8 Å². The summed E-state index contributed by atoms with van der Waals surface area (Å²) >= 11 is 5.72. The number of amides is 1. The molecule has 1 heterocycles. The normalized spacial score (nSPS) is 12.2. The lowest BCUT2D eigenvalue weighted by atomic mass is 10.1. The van der Waals surface area contributed by atoms with Crippen molar-refractivity contribution in [1.29, 1.82) is 0 Å². The van der Waals surface area contributed by atoms with Crippen molar-refractivity contribution in [2.45, 2.75) is 32.7 Å². The molecule has 0 saturated carbocycles. The smallest absolute Gasteiger partial charge is 0.253 e. The first-order chi connectivity index (χ1) is 9.12. The number of nitrogens with one attached hydrogen (secondary N) is 1. The zero-order chi connectivity index (χ0) is 14.3. The number of methoxy groups -OCH3 is 1. The molecule has 0 bridgehead atoms. The zero-order valence-corrected chi connectivity index (χ0v) is 12.3. The van der Waals surface area contributed by atoms with Gasteiger partial charge < -0.3 is 10.1 Å². The zero-order valence-electron chi connectivity index (χ0n) is 11.6. The molecule has 6 heteroatoms. The number of carbonyl (C=O) groups excluding carboxylic acids is 1. The van der Waals surface area contributed by atoms with Gasteiger partial charge in [-0.25, -0.2) is 0 Å². The summed E-state index contributed by atoms with van der Waals surface area (Å²) < 4.78 is 5.07. The fraction of sp³-hybridized carbons (Fsp3) is 0.615. The molecule has 5 nitrogen and oxygen atoms in total. The summed E-state index contributed by atoms with van der Waals surface area (Å²) in [5.74, 6) is 0.324. The van der Waals surface area contributed by atoms with E-state index in [0.29, 0.717) is 36.6 Å². The largest absolute Gasteiger partial charge is 0.383 e. The minimum Gasteiger partial charge on any atom is -0.383 e. The second-order valence-electron chi connectivity index (χ2n) is 4.30. The van der Waals surface area contributed by atoms with Crippen molar-refractivity contribution in [3.63, 3.8) is 0 Å². The first-order valence-corrected chi connectivity index (χ1v) is 6.84. The van der Waals surface area contributed by atoms with Gasteiger partial charge >= 0.3 is 0 Å². The average molecular weight is 286 g/mol. The molecule has 19 heavy (non-hydrogen) atoms. The van der Waals surface area contributed by atoms with E-state index in [-0.39, 0.29) is 11.9 Å². The summed E-state index contributed by atoms with van der Waals surface area (Å²) in [5.41, 5.74) is 2.00. The number of ether oxygens (including phenoxy) is 1. The van der Waals surface area contributed by atoms with Crippen LogP contribution in [0.25, 0.3) is 0 Å². The first kappa shape index (κ1) is 15.9. The number of aromatic nitrogens is 2. The molecule has 106 valence electrons. The van der Waals surface area contributed by atoms with E-state index in [9.17, 15) is 4.79 Å². The van der Waals surface area contributed by atoms with Gasteiger partial charge in [-0.15, -0.1) is 11.6 Å². The van der Waals surface area contributed by atoms with Crippen LogP contribution in [0.5, 0.6) is 0 Å². The molecule has 1 N–H and O–H groups in total. The van der Waals surface area contributed by atoms with Crippen molar-refractivity contribution < 1.29 is 9.53 Å². The fourth-order valence-electron chi connectivity index (χ4n) is 1.77. The molecule has 0 aliphatic rings. The van der Waals surface area contributed by atoms with E-state index >= 15 is 0 Å². The van der Waals surface area contributed by atoms with E-state index < -0.39 is 0 Å². The van der Waals surface area contributed by atoms with Crippen LogP contribution in [0.2, 0.25) is 0 Å². The van der Waals surface area contributed by atoms with Gasteiger partial charge in [0.25, 0.3) is 5.91 Å². The van der Waals surface area contributed by atoms with Gasteiger partial charge in [-0.1, -0.05) is 6.92 Å².